The number of halogens is 2. The van der Waals surface area contributed by atoms with E-state index in [1.54, 1.807) is 88.2 Å². The van der Waals surface area contributed by atoms with Crippen molar-refractivity contribution < 1.29 is 68.9 Å². The number of unbranched alkanes of at least 4 members (excludes halogenated alkanes) is 2. The molecule has 12 aromatic rings. The van der Waals surface area contributed by atoms with Crippen LogP contribution < -0.4 is 79.1 Å². The van der Waals surface area contributed by atoms with E-state index in [2.05, 4.69) is 109 Å². The molecule has 6 atom stereocenters. The van der Waals surface area contributed by atoms with E-state index >= 15 is 0 Å². The Morgan fingerprint density at radius 3 is 1.14 bits per heavy atom. The topological polar surface area (TPSA) is 343 Å². The van der Waals surface area contributed by atoms with Crippen LogP contribution in [0.15, 0.2) is 255 Å². The first kappa shape index (κ1) is 99.8. The van der Waals surface area contributed by atoms with Gasteiger partial charge in [-0.05, 0) is 215 Å². The van der Waals surface area contributed by atoms with E-state index < -0.39 is 15.3 Å². The second kappa shape index (κ2) is 53.0. The Hall–Kier alpha value is -10.6. The average Bonchev–Trinajstić information content (AvgIpc) is 1.68. The van der Waals surface area contributed by atoms with Gasteiger partial charge in [0.25, 0.3) is 17.7 Å². The molecule has 3 amide bonds. The first-order chi connectivity index (χ1) is 59.8. The number of aryl methyl sites for hydroxylation is 3. The Balaban J connectivity index is 0.000000233. The van der Waals surface area contributed by atoms with Gasteiger partial charge in [-0.1, -0.05) is 170 Å². The van der Waals surface area contributed by atoms with Gasteiger partial charge in [-0.25, -0.2) is 27.9 Å². The minimum absolute atomic E-state index is 0. The third kappa shape index (κ3) is 31.2. The summed E-state index contributed by atoms with van der Waals surface area (Å²) >= 11 is 0. The molecule has 3 saturated heterocycles. The summed E-state index contributed by atoms with van der Waals surface area (Å²) in [6.07, 6.45) is 10.2. The Bertz CT molecular complexity index is 5450. The Morgan fingerprint density at radius 2 is 0.800 bits per heavy atom. The Labute approximate surface area is 769 Å². The summed E-state index contributed by atoms with van der Waals surface area (Å²) < 4.78 is 30.7. The molecule has 14 N–H and O–H groups in total. The van der Waals surface area contributed by atoms with Crippen LogP contribution in [0.4, 0.5) is 28.4 Å². The Kier molecular flexibility index (Phi) is 42.3. The van der Waals surface area contributed by atoms with Crippen molar-refractivity contribution in [3.63, 3.8) is 0 Å². The van der Waals surface area contributed by atoms with Gasteiger partial charge >= 0.3 is 29.6 Å². The van der Waals surface area contributed by atoms with E-state index in [-0.39, 0.29) is 81.4 Å². The second-order valence-corrected chi connectivity index (χ2v) is 31.9. The molecule has 3 radical (unpaired) electrons. The number of amides is 3. The van der Waals surface area contributed by atoms with Gasteiger partial charge in [0.05, 0.1) is 77.7 Å². The summed E-state index contributed by atoms with van der Waals surface area (Å²) in [4.78, 5) is 46.7. The van der Waals surface area contributed by atoms with Gasteiger partial charge in [-0.3, -0.25) is 14.4 Å². The zero-order valence-electron chi connectivity index (χ0n) is 71.9. The van der Waals surface area contributed by atoms with Gasteiger partial charge in [-0.15, -0.1) is 0 Å². The average molecular weight is 1750 g/mol. The van der Waals surface area contributed by atoms with Crippen LogP contribution in [0.25, 0.3) is 26.8 Å². The first-order valence-corrected chi connectivity index (χ1v) is 43.8. The predicted octanol–water partition coefficient (Wildman–Crippen LogP) is 13.6. The summed E-state index contributed by atoms with van der Waals surface area (Å²) in [5.41, 5.74) is 36.9. The van der Waals surface area contributed by atoms with Crippen molar-refractivity contribution in [2.75, 3.05) is 68.5 Å². The molecule has 9 aromatic carbocycles. The number of nitrogens with one attached hydrogen (secondary N) is 5. The number of aliphatic hydroxyl groups excluding tert-OH is 1. The quantitative estimate of drug-likeness (QED) is 0.00989. The molecule has 25 nitrogen and oxygen atoms in total. The van der Waals surface area contributed by atoms with Crippen LogP contribution in [0, 0.1) is 33.9 Å². The van der Waals surface area contributed by atoms with Crippen molar-refractivity contribution in [3.8, 4) is 17.1 Å². The number of anilines is 3. The van der Waals surface area contributed by atoms with E-state index in [9.17, 15) is 19.5 Å². The SMILES string of the molecule is Cc1cc(C(=O)Nc2cccc(C(NCC3CCCO3)c3ccccc3)c2)n(-c2cccc(CN)c2)n1.NCC1CCCO1.NCCCCCN.O=S(Cl)Cl.[B].[C-]#[N+]c1cccc(-n2nc(C)cc2C(=O)Nc2cccc(C(NCC3CCCO3)c3ccccc3)c2)c1.[C-]#[N+]c1cccc(-n2nc(C)cc2C(=O)Nc2cccc(C(O)c3ccccc3)c2)c1.[H-].[Na+]. The molecule has 3 fully saturated rings. The predicted molar refractivity (Wildman–Crippen MR) is 496 cm³/mol. The molecular formula is C95H108BCl2N17NaO8S. The fraction of sp³-hybridized carbons (Fsp3) is 0.284. The third-order valence-electron chi connectivity index (χ3n) is 20.1. The molecule has 30 heteroatoms. The number of rotatable bonds is 27. The number of hydrogen-bond acceptors (Lipinski definition) is 17. The molecular weight excluding hydrogens is 1640 g/mol. The van der Waals surface area contributed by atoms with E-state index in [0.29, 0.717) is 81.7 Å². The fourth-order valence-electron chi connectivity index (χ4n) is 14.1. The number of aromatic nitrogens is 6. The molecule has 125 heavy (non-hydrogen) atoms. The fourth-order valence-corrected chi connectivity index (χ4v) is 14.1. The normalized spacial score (nSPS) is 14.8. The molecule has 0 spiro atoms. The summed E-state index contributed by atoms with van der Waals surface area (Å²) in [5.74, 6) is -0.825. The third-order valence-corrected chi connectivity index (χ3v) is 20.1. The van der Waals surface area contributed by atoms with Crippen LogP contribution >= 0.6 is 21.4 Å². The van der Waals surface area contributed by atoms with Gasteiger partial charge in [-0.2, -0.15) is 15.3 Å². The standard InChI is InChI=1S/C30H29N5O2.C30H33N5O2.C25H20N4O2.C5H14N2.C5H11NO.B.Cl2OS.Na.H/c1-21-17-28(35(34-21)26-14-7-12-24(19-26)31-2)30(36)33-25-13-6-11-23(18-25)29(22-9-4-3-5-10-22)32-20-27-15-8-16-37-27;1-21-16-28(35(34-21)26-13-5-8-22(17-26)19-31)30(36)33-25-12-6-11-24(18-25)29(23-9-3-2-4-10-23)32-20-27-14-7-15-37-27;1-17-14-23(29(28-17)22-13-7-11-20(16-22)26-2)25(31)27-21-12-6-10-19(15-21)24(30)18-8-4-3-5-9-18;6-4-2-1-3-5-7;6-4-5-2-1-3-7-5;;1-4(2)3;;/h3-7,9-14,17-19,27,29,32H,8,15-16,20H2,1H3,(H,33,36);2-6,8-13,16-18,27,29,32H,7,14-15,19-20,31H2,1H3,(H,33,36);3-16,24,30H,1H3,(H,27,31);1-7H2;5H,1-4,6H2;;;;/q;;;;;;;+1;-1. The zero-order valence-corrected chi connectivity index (χ0v) is 75.2. The maximum atomic E-state index is 13.4. The van der Waals surface area contributed by atoms with Gasteiger partial charge < -0.3 is 70.3 Å². The van der Waals surface area contributed by atoms with E-state index in [0.717, 1.165) is 147 Å². The monoisotopic (exact) mass is 1750 g/mol. The largest absolute Gasteiger partial charge is 1.00 e. The van der Waals surface area contributed by atoms with Crippen LogP contribution in [0.1, 0.15) is 165 Å². The molecule has 3 aliphatic rings. The smallest absolute Gasteiger partial charge is 1.00 e. The second-order valence-electron chi connectivity index (χ2n) is 29.4. The number of ether oxygens (including phenoxy) is 3. The summed E-state index contributed by atoms with van der Waals surface area (Å²) in [6, 6.07) is 80.0. The Morgan fingerprint density at radius 1 is 0.464 bits per heavy atom. The molecule has 3 aromatic heterocycles. The van der Waals surface area contributed by atoms with E-state index in [4.69, 9.17) is 54.5 Å². The van der Waals surface area contributed by atoms with Crippen LogP contribution in [0.2, 0.25) is 0 Å². The molecule has 6 unspecified atom stereocenters. The molecule has 6 heterocycles. The summed E-state index contributed by atoms with van der Waals surface area (Å²) in [6.45, 7) is 26.9. The molecule has 0 aliphatic carbocycles. The molecule has 0 bridgehead atoms. The van der Waals surface area contributed by atoms with Crippen molar-refractivity contribution in [3.05, 3.63) is 351 Å². The molecule has 0 saturated carbocycles. The number of hydrogen-bond donors (Lipinski definition) is 10. The van der Waals surface area contributed by atoms with Crippen molar-refractivity contribution >= 4 is 85.2 Å². The van der Waals surface area contributed by atoms with Gasteiger partial charge in [0.15, 0.2) is 11.4 Å². The van der Waals surface area contributed by atoms with E-state index in [1.165, 1.54) is 17.5 Å². The van der Waals surface area contributed by atoms with Crippen molar-refractivity contribution in [1.29, 1.82) is 0 Å². The van der Waals surface area contributed by atoms with Crippen molar-refractivity contribution in [2.24, 2.45) is 22.9 Å². The van der Waals surface area contributed by atoms with Gasteiger partial charge in [0.1, 0.15) is 23.2 Å². The van der Waals surface area contributed by atoms with E-state index in [1.807, 2.05) is 160 Å². The number of carbonyl (C=O) groups is 3. The summed E-state index contributed by atoms with van der Waals surface area (Å²) in [5, 5.41) is 40.5. The number of carbonyl (C=O) groups excluding carboxylic acids is 3. The minimum atomic E-state index is -1.67. The van der Waals surface area contributed by atoms with Crippen molar-refractivity contribution in [2.45, 2.75) is 122 Å². The van der Waals surface area contributed by atoms with Crippen LogP contribution in [0.5, 0.6) is 0 Å². The molecule has 3 aliphatic heterocycles. The van der Waals surface area contributed by atoms with Gasteiger partial charge in [0.2, 0.25) is 9.23 Å². The van der Waals surface area contributed by atoms with Gasteiger partial charge in [0, 0.05) is 92.8 Å². The maximum absolute atomic E-state index is 13.4. The van der Waals surface area contributed by atoms with Crippen LogP contribution in [-0.2, 0) is 30.0 Å². The number of nitrogens with two attached hydrogens (primary N) is 4. The molecule has 15 rings (SSSR count). The number of benzene rings is 9. The van der Waals surface area contributed by atoms with Crippen LogP contribution in [-0.4, -0.2) is 136 Å². The first-order valence-electron chi connectivity index (χ1n) is 41.0. The maximum Gasteiger partial charge on any atom is 1.00 e. The number of aliphatic hydroxyl groups is 1. The minimum Gasteiger partial charge on any atom is -1.00 e. The molecule has 645 valence electrons. The van der Waals surface area contributed by atoms with Crippen molar-refractivity contribution in [1.82, 2.24) is 40.0 Å². The zero-order chi connectivity index (χ0) is 87.2. The van der Waals surface area contributed by atoms with Crippen LogP contribution in [0.3, 0.4) is 0 Å². The summed E-state index contributed by atoms with van der Waals surface area (Å²) in [7, 11) is 7.36. The number of nitrogens with zero attached hydrogens (tertiary/aromatic N) is 8.